The first-order valence-electron chi connectivity index (χ1n) is 6.37. The van der Waals surface area contributed by atoms with Gasteiger partial charge in [-0.1, -0.05) is 27.2 Å². The second-order valence-corrected chi connectivity index (χ2v) is 5.90. The van der Waals surface area contributed by atoms with Gasteiger partial charge in [0.1, 0.15) is 0 Å². The Morgan fingerprint density at radius 3 is 2.69 bits per heavy atom. The van der Waals surface area contributed by atoms with Crippen molar-refractivity contribution >= 4 is 17.5 Å². The molecule has 0 radical (unpaired) electrons. The van der Waals surface area contributed by atoms with E-state index in [4.69, 9.17) is 11.6 Å². The van der Waals surface area contributed by atoms with Crippen LogP contribution in [-0.4, -0.2) is 17.8 Å². The molecular formula is C13H24ClNO. The SMILES string of the molecule is CCC(CCCl)NC(=O)C1CCCC1(C)C. The third kappa shape index (κ3) is 3.38. The smallest absolute Gasteiger partial charge is 0.223 e. The number of carbonyl (C=O) groups is 1. The topological polar surface area (TPSA) is 29.1 Å². The molecular weight excluding hydrogens is 222 g/mol. The van der Waals surface area contributed by atoms with Gasteiger partial charge in [-0.25, -0.2) is 0 Å². The van der Waals surface area contributed by atoms with Gasteiger partial charge in [0.15, 0.2) is 0 Å². The van der Waals surface area contributed by atoms with Gasteiger partial charge in [-0.2, -0.15) is 0 Å². The van der Waals surface area contributed by atoms with Crippen molar-refractivity contribution in [2.45, 2.75) is 58.9 Å². The molecule has 1 aliphatic carbocycles. The van der Waals surface area contributed by atoms with Crippen molar-refractivity contribution < 1.29 is 4.79 Å². The van der Waals surface area contributed by atoms with Gasteiger partial charge in [-0.05, 0) is 31.1 Å². The van der Waals surface area contributed by atoms with Crippen LogP contribution in [-0.2, 0) is 4.79 Å². The van der Waals surface area contributed by atoms with Crippen LogP contribution in [0.4, 0.5) is 0 Å². The molecule has 1 rings (SSSR count). The molecule has 16 heavy (non-hydrogen) atoms. The van der Waals surface area contributed by atoms with Crippen molar-refractivity contribution in [2.24, 2.45) is 11.3 Å². The van der Waals surface area contributed by atoms with Crippen LogP contribution in [0.3, 0.4) is 0 Å². The lowest BCUT2D eigenvalue weighted by atomic mass is 9.81. The zero-order chi connectivity index (χ0) is 12.2. The van der Waals surface area contributed by atoms with E-state index >= 15 is 0 Å². The largest absolute Gasteiger partial charge is 0.353 e. The molecule has 0 aromatic rings. The summed E-state index contributed by atoms with van der Waals surface area (Å²) < 4.78 is 0. The Balaban J connectivity index is 2.51. The standard InChI is InChI=1S/C13H24ClNO/c1-4-10(7-9-14)15-12(16)11-6-5-8-13(11,2)3/h10-11H,4-9H2,1-3H3,(H,15,16). The second-order valence-electron chi connectivity index (χ2n) is 5.52. The Hall–Kier alpha value is -0.240. The summed E-state index contributed by atoms with van der Waals surface area (Å²) in [5.74, 6) is 1.05. The highest BCUT2D eigenvalue weighted by atomic mass is 35.5. The lowest BCUT2D eigenvalue weighted by Gasteiger charge is -2.28. The van der Waals surface area contributed by atoms with E-state index in [0.29, 0.717) is 5.88 Å². The monoisotopic (exact) mass is 245 g/mol. The number of rotatable bonds is 5. The van der Waals surface area contributed by atoms with Crippen LogP contribution in [0.15, 0.2) is 0 Å². The Morgan fingerprint density at radius 2 is 2.25 bits per heavy atom. The van der Waals surface area contributed by atoms with Crippen molar-refractivity contribution in [2.75, 3.05) is 5.88 Å². The molecule has 0 heterocycles. The van der Waals surface area contributed by atoms with Crippen LogP contribution in [0.5, 0.6) is 0 Å². The molecule has 94 valence electrons. The molecule has 2 atom stereocenters. The molecule has 1 fully saturated rings. The van der Waals surface area contributed by atoms with Crippen LogP contribution in [0.25, 0.3) is 0 Å². The molecule has 2 unspecified atom stereocenters. The number of hydrogen-bond donors (Lipinski definition) is 1. The lowest BCUT2D eigenvalue weighted by molar-refractivity contribution is -0.128. The zero-order valence-corrected chi connectivity index (χ0v) is 11.4. The predicted octanol–water partition coefficient (Wildman–Crippen LogP) is 3.34. The molecule has 0 aromatic heterocycles. The molecule has 2 nitrogen and oxygen atoms in total. The zero-order valence-electron chi connectivity index (χ0n) is 10.7. The maximum Gasteiger partial charge on any atom is 0.223 e. The quantitative estimate of drug-likeness (QED) is 0.740. The maximum atomic E-state index is 12.2. The van der Waals surface area contributed by atoms with E-state index in [2.05, 4.69) is 26.1 Å². The minimum Gasteiger partial charge on any atom is -0.353 e. The lowest BCUT2D eigenvalue weighted by Crippen LogP contribution is -2.42. The minimum atomic E-state index is 0.170. The molecule has 1 saturated carbocycles. The molecule has 1 amide bonds. The Morgan fingerprint density at radius 1 is 1.56 bits per heavy atom. The molecule has 1 N–H and O–H groups in total. The molecule has 0 aliphatic heterocycles. The highest BCUT2D eigenvalue weighted by Crippen LogP contribution is 2.42. The van der Waals surface area contributed by atoms with Gasteiger partial charge < -0.3 is 5.32 Å². The average Bonchev–Trinajstić information content (AvgIpc) is 2.57. The van der Waals surface area contributed by atoms with Gasteiger partial charge in [0, 0.05) is 17.8 Å². The van der Waals surface area contributed by atoms with Crippen molar-refractivity contribution in [3.63, 3.8) is 0 Å². The fourth-order valence-electron chi connectivity index (χ4n) is 2.62. The van der Waals surface area contributed by atoms with E-state index in [1.807, 2.05) is 0 Å². The van der Waals surface area contributed by atoms with E-state index in [1.54, 1.807) is 0 Å². The van der Waals surface area contributed by atoms with Gasteiger partial charge in [0.05, 0.1) is 0 Å². The van der Waals surface area contributed by atoms with Crippen molar-refractivity contribution in [1.82, 2.24) is 5.32 Å². The van der Waals surface area contributed by atoms with E-state index in [0.717, 1.165) is 25.7 Å². The summed E-state index contributed by atoms with van der Waals surface area (Å²) in [5, 5.41) is 3.14. The maximum absolute atomic E-state index is 12.2. The molecule has 3 heteroatoms. The summed E-state index contributed by atoms with van der Waals surface area (Å²) in [5.41, 5.74) is 0.170. The molecule has 0 aromatic carbocycles. The summed E-state index contributed by atoms with van der Waals surface area (Å²) in [7, 11) is 0. The number of hydrogen-bond acceptors (Lipinski definition) is 1. The van der Waals surface area contributed by atoms with E-state index in [9.17, 15) is 4.79 Å². The third-order valence-electron chi connectivity index (χ3n) is 3.87. The normalized spacial score (nSPS) is 25.4. The second kappa shape index (κ2) is 5.90. The number of alkyl halides is 1. The van der Waals surface area contributed by atoms with Gasteiger partial charge in [-0.15, -0.1) is 11.6 Å². The first-order valence-corrected chi connectivity index (χ1v) is 6.91. The molecule has 0 spiro atoms. The first kappa shape index (κ1) is 13.8. The van der Waals surface area contributed by atoms with Crippen molar-refractivity contribution in [3.05, 3.63) is 0 Å². The Labute approximate surface area is 104 Å². The van der Waals surface area contributed by atoms with Crippen molar-refractivity contribution in [1.29, 1.82) is 0 Å². The number of amides is 1. The summed E-state index contributed by atoms with van der Waals surface area (Å²) in [4.78, 5) is 12.2. The van der Waals surface area contributed by atoms with Crippen molar-refractivity contribution in [3.8, 4) is 0 Å². The minimum absolute atomic E-state index is 0.170. The van der Waals surface area contributed by atoms with Gasteiger partial charge in [0.25, 0.3) is 0 Å². The van der Waals surface area contributed by atoms with E-state index in [-0.39, 0.29) is 23.3 Å². The molecule has 0 saturated heterocycles. The fourth-order valence-corrected chi connectivity index (χ4v) is 2.89. The van der Waals surface area contributed by atoms with Crippen LogP contribution in [0.2, 0.25) is 0 Å². The van der Waals surface area contributed by atoms with E-state index < -0.39 is 0 Å². The first-order chi connectivity index (χ1) is 7.51. The van der Waals surface area contributed by atoms with Crippen LogP contribution >= 0.6 is 11.6 Å². The van der Waals surface area contributed by atoms with Crippen LogP contribution < -0.4 is 5.32 Å². The van der Waals surface area contributed by atoms with Gasteiger partial charge >= 0.3 is 0 Å². The highest BCUT2D eigenvalue weighted by Gasteiger charge is 2.39. The summed E-state index contributed by atoms with van der Waals surface area (Å²) in [6.07, 6.45) is 5.22. The molecule has 0 bridgehead atoms. The summed E-state index contributed by atoms with van der Waals surface area (Å²) in [6, 6.07) is 0.251. The summed E-state index contributed by atoms with van der Waals surface area (Å²) in [6.45, 7) is 6.50. The van der Waals surface area contributed by atoms with Gasteiger partial charge in [0.2, 0.25) is 5.91 Å². The highest BCUT2D eigenvalue weighted by molar-refractivity contribution is 6.17. The predicted molar refractivity (Wildman–Crippen MR) is 68.7 cm³/mol. The van der Waals surface area contributed by atoms with Crippen LogP contribution in [0.1, 0.15) is 52.9 Å². The summed E-state index contributed by atoms with van der Waals surface area (Å²) >= 11 is 5.72. The van der Waals surface area contributed by atoms with Crippen LogP contribution in [0, 0.1) is 11.3 Å². The molecule has 1 aliphatic rings. The van der Waals surface area contributed by atoms with E-state index in [1.165, 1.54) is 6.42 Å². The average molecular weight is 246 g/mol. The Bertz CT molecular complexity index is 240. The number of halogens is 1. The third-order valence-corrected chi connectivity index (χ3v) is 4.09. The number of carbonyl (C=O) groups excluding carboxylic acids is 1. The van der Waals surface area contributed by atoms with Gasteiger partial charge in [-0.3, -0.25) is 4.79 Å². The fraction of sp³-hybridized carbons (Fsp3) is 0.923. The number of nitrogens with one attached hydrogen (secondary N) is 1. The Kier molecular flexibility index (Phi) is 5.10.